The van der Waals surface area contributed by atoms with Gasteiger partial charge < -0.3 is 5.32 Å². The zero-order valence-electron chi connectivity index (χ0n) is 7.79. The highest BCUT2D eigenvalue weighted by molar-refractivity contribution is 5.47. The first-order chi connectivity index (χ1) is 6.77. The lowest BCUT2D eigenvalue weighted by Gasteiger charge is -2.14. The molecule has 1 amide bonds. The summed E-state index contributed by atoms with van der Waals surface area (Å²) in [6, 6.07) is 6.63. The van der Waals surface area contributed by atoms with Crippen molar-refractivity contribution < 1.29 is 9.18 Å². The number of halogens is 1. The molecule has 0 aliphatic heterocycles. The Balaban J connectivity index is 2.17. The average molecular weight is 193 g/mol. The first-order valence-electron chi connectivity index (χ1n) is 4.70. The molecule has 0 spiro atoms. The van der Waals surface area contributed by atoms with E-state index in [1.807, 2.05) is 6.07 Å². The van der Waals surface area contributed by atoms with Crippen molar-refractivity contribution in [3.8, 4) is 0 Å². The number of amides is 1. The lowest BCUT2D eigenvalue weighted by atomic mass is 9.96. The predicted molar refractivity (Wildman–Crippen MR) is 51.4 cm³/mol. The van der Waals surface area contributed by atoms with Gasteiger partial charge in [-0.05, 0) is 30.5 Å². The van der Waals surface area contributed by atoms with E-state index in [2.05, 4.69) is 5.32 Å². The molecule has 1 aliphatic carbocycles. The lowest BCUT2D eigenvalue weighted by molar-refractivity contribution is -0.109. The Morgan fingerprint density at radius 2 is 2.29 bits per heavy atom. The van der Waals surface area contributed by atoms with Gasteiger partial charge in [-0.2, -0.15) is 0 Å². The third kappa shape index (κ3) is 1.62. The van der Waals surface area contributed by atoms with Gasteiger partial charge in [-0.1, -0.05) is 12.1 Å². The summed E-state index contributed by atoms with van der Waals surface area (Å²) in [5, 5.41) is 2.67. The van der Waals surface area contributed by atoms with Gasteiger partial charge in [-0.15, -0.1) is 0 Å². The first kappa shape index (κ1) is 9.19. The van der Waals surface area contributed by atoms with Crippen LogP contribution >= 0.6 is 0 Å². The Labute approximate surface area is 82.1 Å². The Bertz CT molecular complexity index is 347. The quantitative estimate of drug-likeness (QED) is 0.723. The van der Waals surface area contributed by atoms with E-state index in [1.54, 1.807) is 12.1 Å². The summed E-state index contributed by atoms with van der Waals surface area (Å²) in [7, 11) is 0. The van der Waals surface area contributed by atoms with Crippen LogP contribution in [0.5, 0.6) is 0 Å². The molecule has 1 aliphatic rings. The number of hydrogen-bond acceptors (Lipinski definition) is 1. The molecule has 1 aromatic rings. The van der Waals surface area contributed by atoms with Crippen LogP contribution in [0, 0.1) is 5.82 Å². The van der Waals surface area contributed by atoms with Crippen LogP contribution in [0.3, 0.4) is 0 Å². The summed E-state index contributed by atoms with van der Waals surface area (Å²) in [5.41, 5.74) is 0.995. The fraction of sp³-hybridized carbons (Fsp3) is 0.364. The second kappa shape index (κ2) is 3.40. The van der Waals surface area contributed by atoms with Crippen molar-refractivity contribution in [3.63, 3.8) is 0 Å². The van der Waals surface area contributed by atoms with E-state index in [1.165, 1.54) is 6.07 Å². The highest BCUT2D eigenvalue weighted by Crippen LogP contribution is 2.47. The number of carbonyl (C=O) groups is 1. The van der Waals surface area contributed by atoms with Crippen molar-refractivity contribution in [1.29, 1.82) is 0 Å². The number of benzene rings is 1. The molecule has 2 nitrogen and oxygen atoms in total. The van der Waals surface area contributed by atoms with Crippen LogP contribution in [0.25, 0.3) is 0 Å². The van der Waals surface area contributed by atoms with Gasteiger partial charge in [-0.25, -0.2) is 4.39 Å². The molecule has 1 fully saturated rings. The van der Waals surface area contributed by atoms with Crippen molar-refractivity contribution in [2.24, 2.45) is 0 Å². The molecule has 0 unspecified atom stereocenters. The zero-order valence-corrected chi connectivity index (χ0v) is 7.79. The second-order valence-electron chi connectivity index (χ2n) is 3.79. The Kier molecular flexibility index (Phi) is 2.23. The van der Waals surface area contributed by atoms with Gasteiger partial charge in [0.1, 0.15) is 5.82 Å². The highest BCUT2D eigenvalue weighted by atomic mass is 19.1. The van der Waals surface area contributed by atoms with E-state index in [-0.39, 0.29) is 11.2 Å². The molecule has 0 atom stereocenters. The second-order valence-corrected chi connectivity index (χ2v) is 3.79. The summed E-state index contributed by atoms with van der Waals surface area (Å²) < 4.78 is 13.0. The number of rotatable bonds is 4. The molecule has 0 heterocycles. The summed E-state index contributed by atoms with van der Waals surface area (Å²) in [4.78, 5) is 10.2. The smallest absolute Gasteiger partial charge is 0.207 e. The van der Waals surface area contributed by atoms with Gasteiger partial charge in [0, 0.05) is 12.0 Å². The molecular weight excluding hydrogens is 181 g/mol. The van der Waals surface area contributed by atoms with Gasteiger partial charge in [0.15, 0.2) is 0 Å². The molecule has 2 rings (SSSR count). The minimum absolute atomic E-state index is 0.00299. The van der Waals surface area contributed by atoms with Crippen molar-refractivity contribution in [3.05, 3.63) is 35.6 Å². The van der Waals surface area contributed by atoms with E-state index in [9.17, 15) is 9.18 Å². The monoisotopic (exact) mass is 193 g/mol. The van der Waals surface area contributed by atoms with Crippen LogP contribution in [-0.4, -0.2) is 13.0 Å². The molecule has 1 aromatic carbocycles. The van der Waals surface area contributed by atoms with Crippen LogP contribution < -0.4 is 5.32 Å². The fourth-order valence-corrected chi connectivity index (χ4v) is 1.77. The lowest BCUT2D eigenvalue weighted by Crippen LogP contribution is -2.25. The first-order valence-corrected chi connectivity index (χ1v) is 4.70. The maximum absolute atomic E-state index is 13.0. The predicted octanol–water partition coefficient (Wildman–Crippen LogP) is 1.60. The maximum Gasteiger partial charge on any atom is 0.207 e. The van der Waals surface area contributed by atoms with Gasteiger partial charge >= 0.3 is 0 Å². The summed E-state index contributed by atoms with van der Waals surface area (Å²) >= 11 is 0. The van der Waals surface area contributed by atoms with Gasteiger partial charge in [0.05, 0.1) is 0 Å². The Morgan fingerprint density at radius 3 is 2.86 bits per heavy atom. The fourth-order valence-electron chi connectivity index (χ4n) is 1.77. The summed E-state index contributed by atoms with van der Waals surface area (Å²) in [6.07, 6.45) is 2.74. The van der Waals surface area contributed by atoms with E-state index in [0.717, 1.165) is 18.4 Å². The molecule has 14 heavy (non-hydrogen) atoms. The Hall–Kier alpha value is -1.38. The number of carbonyl (C=O) groups excluding carboxylic acids is 1. The molecular formula is C11H12FNO. The SMILES string of the molecule is O=CNCC1(c2cccc(F)c2)CC1. The molecule has 1 N–H and O–H groups in total. The minimum Gasteiger partial charge on any atom is -0.358 e. The third-order valence-electron chi connectivity index (χ3n) is 2.81. The van der Waals surface area contributed by atoms with Crippen molar-refractivity contribution >= 4 is 6.41 Å². The molecule has 1 saturated carbocycles. The topological polar surface area (TPSA) is 29.1 Å². The summed E-state index contributed by atoms with van der Waals surface area (Å²) in [5.74, 6) is -0.208. The van der Waals surface area contributed by atoms with Crippen molar-refractivity contribution in [2.75, 3.05) is 6.54 Å². The largest absolute Gasteiger partial charge is 0.358 e. The number of hydrogen-bond donors (Lipinski definition) is 1. The zero-order chi connectivity index (χ0) is 10.0. The molecule has 3 heteroatoms. The highest BCUT2D eigenvalue weighted by Gasteiger charge is 2.43. The number of nitrogens with one attached hydrogen (secondary N) is 1. The van der Waals surface area contributed by atoms with Crippen molar-refractivity contribution in [2.45, 2.75) is 18.3 Å². The van der Waals surface area contributed by atoms with Gasteiger partial charge in [0.25, 0.3) is 0 Å². The van der Waals surface area contributed by atoms with Crippen LogP contribution in [0.15, 0.2) is 24.3 Å². The normalized spacial score (nSPS) is 17.5. The van der Waals surface area contributed by atoms with E-state index in [0.29, 0.717) is 13.0 Å². The third-order valence-corrected chi connectivity index (χ3v) is 2.81. The molecule has 0 aromatic heterocycles. The van der Waals surface area contributed by atoms with E-state index < -0.39 is 0 Å². The van der Waals surface area contributed by atoms with E-state index in [4.69, 9.17) is 0 Å². The van der Waals surface area contributed by atoms with Gasteiger partial charge in [-0.3, -0.25) is 4.79 Å². The molecule has 0 radical (unpaired) electrons. The summed E-state index contributed by atoms with van der Waals surface area (Å²) in [6.45, 7) is 0.611. The van der Waals surface area contributed by atoms with E-state index >= 15 is 0 Å². The van der Waals surface area contributed by atoms with Crippen LogP contribution in [0.4, 0.5) is 4.39 Å². The van der Waals surface area contributed by atoms with Crippen LogP contribution in [-0.2, 0) is 10.2 Å². The molecule has 74 valence electrons. The van der Waals surface area contributed by atoms with Gasteiger partial charge in [0.2, 0.25) is 6.41 Å². The van der Waals surface area contributed by atoms with Crippen LogP contribution in [0.2, 0.25) is 0 Å². The van der Waals surface area contributed by atoms with Crippen LogP contribution in [0.1, 0.15) is 18.4 Å². The van der Waals surface area contributed by atoms with Crippen molar-refractivity contribution in [1.82, 2.24) is 5.32 Å². The Morgan fingerprint density at radius 1 is 1.50 bits per heavy atom. The average Bonchev–Trinajstić information content (AvgIpc) is 2.96. The standard InChI is InChI=1S/C11H12FNO/c12-10-3-1-2-9(6-10)11(4-5-11)7-13-8-14/h1-3,6,8H,4-5,7H2,(H,13,14). The maximum atomic E-state index is 13.0. The minimum atomic E-state index is -0.208. The molecule has 0 bridgehead atoms. The molecule has 0 saturated heterocycles.